The van der Waals surface area contributed by atoms with Crippen LogP contribution in [0.15, 0.2) is 84.0 Å². The van der Waals surface area contributed by atoms with Gasteiger partial charge in [0.15, 0.2) is 11.0 Å². The lowest BCUT2D eigenvalue weighted by molar-refractivity contribution is 0.412. The lowest BCUT2D eigenvalue weighted by atomic mass is 10.2. The van der Waals surface area contributed by atoms with Crippen molar-refractivity contribution in [1.29, 1.82) is 5.26 Å². The average molecular weight is 398 g/mol. The van der Waals surface area contributed by atoms with Crippen LogP contribution in [-0.4, -0.2) is 21.9 Å². The van der Waals surface area contributed by atoms with Gasteiger partial charge in [0, 0.05) is 11.3 Å². The van der Waals surface area contributed by atoms with Crippen LogP contribution in [0.2, 0.25) is 0 Å². The first-order chi connectivity index (χ1) is 14.3. The van der Waals surface area contributed by atoms with E-state index in [0.29, 0.717) is 11.3 Å². The molecule has 0 fully saturated rings. The summed E-state index contributed by atoms with van der Waals surface area (Å²) in [7, 11) is 1.66. The highest BCUT2D eigenvalue weighted by Crippen LogP contribution is 2.33. The predicted octanol–water partition coefficient (Wildman–Crippen LogP) is 5.11. The van der Waals surface area contributed by atoms with E-state index < -0.39 is 0 Å². The van der Waals surface area contributed by atoms with Gasteiger partial charge in [0.2, 0.25) is 0 Å². The number of nitriles is 1. The van der Waals surface area contributed by atoms with E-state index >= 15 is 0 Å². The Kier molecular flexibility index (Phi) is 5.59. The van der Waals surface area contributed by atoms with Crippen LogP contribution in [-0.2, 0) is 5.75 Å². The zero-order valence-electron chi connectivity index (χ0n) is 15.8. The van der Waals surface area contributed by atoms with Gasteiger partial charge in [-0.25, -0.2) is 0 Å². The number of benzene rings is 3. The van der Waals surface area contributed by atoms with Gasteiger partial charge in [-0.15, -0.1) is 10.2 Å². The van der Waals surface area contributed by atoms with Crippen molar-refractivity contribution < 1.29 is 4.74 Å². The number of para-hydroxylation sites is 2. The Morgan fingerprint density at radius 3 is 2.38 bits per heavy atom. The third-order valence-electron chi connectivity index (χ3n) is 4.44. The maximum absolute atomic E-state index is 8.97. The van der Waals surface area contributed by atoms with Gasteiger partial charge in [-0.05, 0) is 29.8 Å². The second-order valence-electron chi connectivity index (χ2n) is 6.28. The Balaban J connectivity index is 1.74. The van der Waals surface area contributed by atoms with Crippen LogP contribution >= 0.6 is 11.8 Å². The summed E-state index contributed by atoms with van der Waals surface area (Å²) < 4.78 is 7.62. The Morgan fingerprint density at radius 1 is 0.931 bits per heavy atom. The quantitative estimate of drug-likeness (QED) is 0.423. The van der Waals surface area contributed by atoms with Crippen molar-refractivity contribution in [2.45, 2.75) is 10.9 Å². The van der Waals surface area contributed by atoms with Crippen LogP contribution < -0.4 is 4.74 Å². The van der Waals surface area contributed by atoms with E-state index in [2.05, 4.69) is 16.3 Å². The first-order valence-electron chi connectivity index (χ1n) is 9.06. The highest BCUT2D eigenvalue weighted by molar-refractivity contribution is 7.98. The molecular formula is C23H18N4OS. The second-order valence-corrected chi connectivity index (χ2v) is 7.22. The third-order valence-corrected chi connectivity index (χ3v) is 5.44. The van der Waals surface area contributed by atoms with E-state index in [0.717, 1.165) is 33.5 Å². The van der Waals surface area contributed by atoms with Gasteiger partial charge in [0.25, 0.3) is 0 Å². The van der Waals surface area contributed by atoms with Crippen LogP contribution in [0.5, 0.6) is 5.75 Å². The smallest absolute Gasteiger partial charge is 0.196 e. The minimum atomic E-state index is 0.655. The molecule has 5 nitrogen and oxygen atoms in total. The number of aromatic nitrogens is 3. The Hall–Kier alpha value is -3.56. The summed E-state index contributed by atoms with van der Waals surface area (Å²) in [6.07, 6.45) is 0. The molecule has 0 amide bonds. The molecule has 4 aromatic rings. The van der Waals surface area contributed by atoms with Crippen molar-refractivity contribution >= 4 is 11.8 Å². The van der Waals surface area contributed by atoms with Crippen molar-refractivity contribution in [1.82, 2.24) is 14.8 Å². The summed E-state index contributed by atoms with van der Waals surface area (Å²) in [4.78, 5) is 0. The summed E-state index contributed by atoms with van der Waals surface area (Å²) in [5.41, 5.74) is 3.64. The summed E-state index contributed by atoms with van der Waals surface area (Å²) >= 11 is 1.59. The van der Waals surface area contributed by atoms with Crippen molar-refractivity contribution in [3.63, 3.8) is 0 Å². The number of ether oxygens (including phenoxy) is 1. The molecule has 29 heavy (non-hydrogen) atoms. The summed E-state index contributed by atoms with van der Waals surface area (Å²) in [5.74, 6) is 2.23. The SMILES string of the molecule is COc1ccccc1-n1c(SCc2ccc(C#N)cc2)nnc1-c1ccccc1. The molecule has 0 aliphatic carbocycles. The standard InChI is InChI=1S/C23H18N4OS/c1-28-21-10-6-5-9-20(21)27-22(19-7-3-2-4-8-19)25-26-23(27)29-16-18-13-11-17(15-24)12-14-18/h2-14H,16H2,1H3. The lowest BCUT2D eigenvalue weighted by Gasteiger charge is -2.14. The molecule has 1 heterocycles. The van der Waals surface area contributed by atoms with Gasteiger partial charge in [-0.3, -0.25) is 4.57 Å². The molecule has 4 rings (SSSR count). The predicted molar refractivity (Wildman–Crippen MR) is 114 cm³/mol. The summed E-state index contributed by atoms with van der Waals surface area (Å²) in [6, 6.07) is 27.6. The van der Waals surface area contributed by atoms with Crippen LogP contribution in [0.1, 0.15) is 11.1 Å². The van der Waals surface area contributed by atoms with E-state index in [4.69, 9.17) is 10.00 Å². The van der Waals surface area contributed by atoms with Crippen LogP contribution in [0.25, 0.3) is 17.1 Å². The molecular weight excluding hydrogens is 380 g/mol. The number of methoxy groups -OCH3 is 1. The fourth-order valence-corrected chi connectivity index (χ4v) is 3.89. The number of hydrogen-bond acceptors (Lipinski definition) is 5. The van der Waals surface area contributed by atoms with Gasteiger partial charge in [0.05, 0.1) is 24.4 Å². The van der Waals surface area contributed by atoms with Crippen LogP contribution in [0.4, 0.5) is 0 Å². The monoisotopic (exact) mass is 398 g/mol. The highest BCUT2D eigenvalue weighted by atomic mass is 32.2. The fourth-order valence-electron chi connectivity index (χ4n) is 2.99. The molecule has 0 aliphatic heterocycles. The maximum Gasteiger partial charge on any atom is 0.196 e. The molecule has 0 spiro atoms. The van der Waals surface area contributed by atoms with E-state index in [1.165, 1.54) is 0 Å². The maximum atomic E-state index is 8.97. The minimum Gasteiger partial charge on any atom is -0.495 e. The van der Waals surface area contributed by atoms with E-state index in [9.17, 15) is 0 Å². The molecule has 6 heteroatoms. The molecule has 3 aromatic carbocycles. The van der Waals surface area contributed by atoms with Crippen molar-refractivity contribution in [2.24, 2.45) is 0 Å². The molecule has 0 aliphatic rings. The molecule has 1 aromatic heterocycles. The zero-order valence-corrected chi connectivity index (χ0v) is 16.6. The van der Waals surface area contributed by atoms with Crippen LogP contribution in [0, 0.1) is 11.3 Å². The summed E-state index contributed by atoms with van der Waals surface area (Å²) in [6.45, 7) is 0. The van der Waals surface area contributed by atoms with Gasteiger partial charge in [-0.2, -0.15) is 5.26 Å². The molecule has 0 unspecified atom stereocenters. The second kappa shape index (κ2) is 8.63. The highest BCUT2D eigenvalue weighted by Gasteiger charge is 2.18. The average Bonchev–Trinajstić information content (AvgIpc) is 3.22. The Morgan fingerprint density at radius 2 is 1.66 bits per heavy atom. The molecule has 0 saturated carbocycles. The van der Waals surface area contributed by atoms with Crippen molar-refractivity contribution in [3.05, 3.63) is 90.0 Å². The fraction of sp³-hybridized carbons (Fsp3) is 0.0870. The Bertz CT molecular complexity index is 1150. The van der Waals surface area contributed by atoms with E-state index in [1.807, 2.05) is 83.4 Å². The number of rotatable bonds is 6. The zero-order chi connectivity index (χ0) is 20.1. The summed E-state index contributed by atoms with van der Waals surface area (Å²) in [5, 5.41) is 18.7. The number of hydrogen-bond donors (Lipinski definition) is 0. The van der Waals surface area contributed by atoms with Crippen LogP contribution in [0.3, 0.4) is 0 Å². The van der Waals surface area contributed by atoms with Crippen molar-refractivity contribution in [3.8, 4) is 28.9 Å². The number of thioether (sulfide) groups is 1. The third kappa shape index (κ3) is 4.00. The molecule has 0 atom stereocenters. The van der Waals surface area contributed by atoms with Gasteiger partial charge in [-0.1, -0.05) is 66.4 Å². The molecule has 0 saturated heterocycles. The van der Waals surface area contributed by atoms with E-state index in [-0.39, 0.29) is 0 Å². The van der Waals surface area contributed by atoms with Gasteiger partial charge < -0.3 is 4.74 Å². The van der Waals surface area contributed by atoms with E-state index in [1.54, 1.807) is 18.9 Å². The number of nitrogens with zero attached hydrogens (tertiary/aromatic N) is 4. The lowest BCUT2D eigenvalue weighted by Crippen LogP contribution is -2.02. The topological polar surface area (TPSA) is 63.7 Å². The largest absolute Gasteiger partial charge is 0.495 e. The molecule has 0 radical (unpaired) electrons. The molecule has 142 valence electrons. The first-order valence-corrected chi connectivity index (χ1v) is 10.0. The molecule has 0 bridgehead atoms. The first kappa shape index (κ1) is 18.8. The molecule has 0 N–H and O–H groups in total. The van der Waals surface area contributed by atoms with Gasteiger partial charge >= 0.3 is 0 Å². The normalized spacial score (nSPS) is 10.5. The minimum absolute atomic E-state index is 0.655. The Labute approximate surface area is 173 Å². The van der Waals surface area contributed by atoms with Gasteiger partial charge in [0.1, 0.15) is 5.75 Å². The van der Waals surface area contributed by atoms with Crippen molar-refractivity contribution in [2.75, 3.05) is 7.11 Å².